The van der Waals surface area contributed by atoms with Crippen molar-refractivity contribution in [1.29, 1.82) is 0 Å². The molecule has 1 heterocycles. The van der Waals surface area contributed by atoms with Gasteiger partial charge in [-0.15, -0.1) is 0 Å². The Morgan fingerprint density at radius 3 is 2.75 bits per heavy atom. The quantitative estimate of drug-likeness (QED) is 0.884. The number of carbonyl (C=O) groups excluding carboxylic acids is 1. The summed E-state index contributed by atoms with van der Waals surface area (Å²) in [7, 11) is 2.13. The Morgan fingerprint density at radius 2 is 2.10 bits per heavy atom. The third-order valence-electron chi connectivity index (χ3n) is 3.89. The van der Waals surface area contributed by atoms with Gasteiger partial charge >= 0.3 is 0 Å². The molecule has 2 atom stereocenters. The van der Waals surface area contributed by atoms with E-state index >= 15 is 0 Å². The number of anilines is 1. The highest BCUT2D eigenvalue weighted by atomic mass is 19.1. The van der Waals surface area contributed by atoms with Gasteiger partial charge < -0.3 is 15.5 Å². The van der Waals surface area contributed by atoms with Gasteiger partial charge in [-0.05, 0) is 57.6 Å². The minimum atomic E-state index is -0.304. The van der Waals surface area contributed by atoms with E-state index in [1.54, 1.807) is 12.1 Å². The number of hydrogen-bond donors (Lipinski definition) is 2. The molecule has 2 N–H and O–H groups in total. The zero-order valence-corrected chi connectivity index (χ0v) is 12.0. The predicted octanol–water partition coefficient (Wildman–Crippen LogP) is 1.84. The van der Waals surface area contributed by atoms with Crippen molar-refractivity contribution in [3.63, 3.8) is 0 Å². The van der Waals surface area contributed by atoms with E-state index < -0.39 is 0 Å². The number of likely N-dealkylation sites (tertiary alicyclic amines) is 1. The highest BCUT2D eigenvalue weighted by Crippen LogP contribution is 2.15. The standard InChI is InChI=1S/C15H22FN3O/c1-11-9-14(7-8-19(11)2)17-10-15(20)18-13-5-3-12(16)4-6-13/h3-6,11,14,17H,7-10H2,1-2H3,(H,18,20). The minimum absolute atomic E-state index is 0.0943. The van der Waals surface area contributed by atoms with E-state index in [4.69, 9.17) is 0 Å². The molecule has 0 bridgehead atoms. The number of nitrogens with one attached hydrogen (secondary N) is 2. The lowest BCUT2D eigenvalue weighted by Gasteiger charge is -2.35. The van der Waals surface area contributed by atoms with Crippen LogP contribution in [0.2, 0.25) is 0 Å². The molecular formula is C15H22FN3O. The molecule has 0 aromatic heterocycles. The summed E-state index contributed by atoms with van der Waals surface area (Å²) in [6, 6.07) is 6.72. The molecule has 4 nitrogen and oxygen atoms in total. The van der Waals surface area contributed by atoms with E-state index in [-0.39, 0.29) is 11.7 Å². The molecule has 110 valence electrons. The highest BCUT2D eigenvalue weighted by Gasteiger charge is 2.22. The van der Waals surface area contributed by atoms with Crippen LogP contribution in [0.3, 0.4) is 0 Å². The molecule has 2 unspecified atom stereocenters. The van der Waals surface area contributed by atoms with Gasteiger partial charge in [0.2, 0.25) is 5.91 Å². The van der Waals surface area contributed by atoms with Gasteiger partial charge in [0.05, 0.1) is 6.54 Å². The van der Waals surface area contributed by atoms with Gasteiger partial charge in [0.1, 0.15) is 5.82 Å². The lowest BCUT2D eigenvalue weighted by Crippen LogP contribution is -2.47. The molecule has 0 radical (unpaired) electrons. The van der Waals surface area contributed by atoms with E-state index in [1.165, 1.54) is 12.1 Å². The first-order chi connectivity index (χ1) is 9.54. The van der Waals surface area contributed by atoms with Crippen molar-refractivity contribution in [2.24, 2.45) is 0 Å². The molecule has 1 aromatic carbocycles. The SMILES string of the molecule is CC1CC(NCC(=O)Nc2ccc(F)cc2)CCN1C. The van der Waals surface area contributed by atoms with Crippen LogP contribution >= 0.6 is 0 Å². The van der Waals surface area contributed by atoms with Crippen LogP contribution in [-0.4, -0.2) is 43.0 Å². The van der Waals surface area contributed by atoms with Crippen molar-refractivity contribution in [3.05, 3.63) is 30.1 Å². The van der Waals surface area contributed by atoms with Gasteiger partial charge in [-0.3, -0.25) is 4.79 Å². The number of amides is 1. The molecular weight excluding hydrogens is 257 g/mol. The van der Waals surface area contributed by atoms with Crippen LogP contribution in [-0.2, 0) is 4.79 Å². The Bertz CT molecular complexity index is 449. The van der Waals surface area contributed by atoms with E-state index in [0.29, 0.717) is 24.3 Å². The maximum absolute atomic E-state index is 12.8. The van der Waals surface area contributed by atoms with Crippen molar-refractivity contribution >= 4 is 11.6 Å². The molecule has 1 aliphatic rings. The maximum Gasteiger partial charge on any atom is 0.238 e. The molecule has 20 heavy (non-hydrogen) atoms. The number of piperidine rings is 1. The first-order valence-electron chi connectivity index (χ1n) is 7.03. The van der Waals surface area contributed by atoms with Gasteiger partial charge in [0, 0.05) is 17.8 Å². The summed E-state index contributed by atoms with van der Waals surface area (Å²) in [6.45, 7) is 3.54. The van der Waals surface area contributed by atoms with Gasteiger partial charge in [-0.2, -0.15) is 0 Å². The fourth-order valence-electron chi connectivity index (χ4n) is 2.45. The van der Waals surface area contributed by atoms with Crippen LogP contribution in [0.15, 0.2) is 24.3 Å². The molecule has 1 fully saturated rings. The van der Waals surface area contributed by atoms with Crippen molar-refractivity contribution in [2.45, 2.75) is 31.8 Å². The minimum Gasteiger partial charge on any atom is -0.325 e. The molecule has 1 saturated heterocycles. The molecule has 0 aliphatic carbocycles. The van der Waals surface area contributed by atoms with Crippen molar-refractivity contribution in [2.75, 3.05) is 25.5 Å². The third kappa shape index (κ3) is 4.28. The number of hydrogen-bond acceptors (Lipinski definition) is 3. The van der Waals surface area contributed by atoms with Gasteiger partial charge in [0.25, 0.3) is 0 Å². The van der Waals surface area contributed by atoms with E-state index in [1.807, 2.05) is 0 Å². The predicted molar refractivity (Wildman–Crippen MR) is 78.1 cm³/mol. The lowest BCUT2D eigenvalue weighted by molar-refractivity contribution is -0.115. The number of halogens is 1. The Hall–Kier alpha value is -1.46. The van der Waals surface area contributed by atoms with E-state index in [2.05, 4.69) is 29.5 Å². The Kier molecular flexibility index (Phi) is 5.09. The number of benzene rings is 1. The summed E-state index contributed by atoms with van der Waals surface area (Å²) in [5.74, 6) is -0.398. The number of nitrogens with zero attached hydrogens (tertiary/aromatic N) is 1. The first kappa shape index (κ1) is 14.9. The first-order valence-corrected chi connectivity index (χ1v) is 7.03. The zero-order valence-electron chi connectivity index (χ0n) is 12.0. The zero-order chi connectivity index (χ0) is 14.5. The molecule has 0 saturated carbocycles. The second kappa shape index (κ2) is 6.81. The lowest BCUT2D eigenvalue weighted by atomic mass is 9.99. The Morgan fingerprint density at radius 1 is 1.40 bits per heavy atom. The van der Waals surface area contributed by atoms with E-state index in [9.17, 15) is 9.18 Å². The topological polar surface area (TPSA) is 44.4 Å². The van der Waals surface area contributed by atoms with Crippen molar-refractivity contribution in [1.82, 2.24) is 10.2 Å². The second-order valence-electron chi connectivity index (χ2n) is 5.49. The van der Waals surface area contributed by atoms with Gasteiger partial charge in [0.15, 0.2) is 0 Å². The van der Waals surface area contributed by atoms with Crippen LogP contribution in [0.4, 0.5) is 10.1 Å². The van der Waals surface area contributed by atoms with Crippen LogP contribution < -0.4 is 10.6 Å². The monoisotopic (exact) mass is 279 g/mol. The molecule has 2 rings (SSSR count). The van der Waals surface area contributed by atoms with Gasteiger partial charge in [-0.1, -0.05) is 0 Å². The second-order valence-corrected chi connectivity index (χ2v) is 5.49. The highest BCUT2D eigenvalue weighted by molar-refractivity contribution is 5.92. The van der Waals surface area contributed by atoms with Crippen molar-refractivity contribution in [3.8, 4) is 0 Å². The third-order valence-corrected chi connectivity index (χ3v) is 3.89. The Balaban J connectivity index is 1.74. The van der Waals surface area contributed by atoms with E-state index in [0.717, 1.165) is 19.4 Å². The number of carbonyl (C=O) groups is 1. The smallest absolute Gasteiger partial charge is 0.238 e. The average molecular weight is 279 g/mol. The molecule has 1 aliphatic heterocycles. The molecule has 1 amide bonds. The summed E-state index contributed by atoms with van der Waals surface area (Å²) in [6.07, 6.45) is 2.12. The normalized spacial score (nSPS) is 23.6. The summed E-state index contributed by atoms with van der Waals surface area (Å²) in [5.41, 5.74) is 0.620. The van der Waals surface area contributed by atoms with Crippen LogP contribution in [0.5, 0.6) is 0 Å². The molecule has 0 spiro atoms. The van der Waals surface area contributed by atoms with Crippen molar-refractivity contribution < 1.29 is 9.18 Å². The summed E-state index contributed by atoms with van der Waals surface area (Å²) < 4.78 is 12.8. The molecule has 1 aromatic rings. The molecule has 5 heteroatoms. The average Bonchev–Trinajstić information content (AvgIpc) is 2.43. The van der Waals surface area contributed by atoms with Crippen LogP contribution in [0.1, 0.15) is 19.8 Å². The summed E-state index contributed by atoms with van der Waals surface area (Å²) in [4.78, 5) is 14.1. The van der Waals surface area contributed by atoms with Crippen LogP contribution in [0, 0.1) is 5.82 Å². The number of rotatable bonds is 4. The maximum atomic E-state index is 12.8. The summed E-state index contributed by atoms with van der Waals surface area (Å²) >= 11 is 0. The fraction of sp³-hybridized carbons (Fsp3) is 0.533. The largest absolute Gasteiger partial charge is 0.325 e. The summed E-state index contributed by atoms with van der Waals surface area (Å²) in [5, 5.41) is 6.04. The van der Waals surface area contributed by atoms with Gasteiger partial charge in [-0.25, -0.2) is 4.39 Å². The fourth-order valence-corrected chi connectivity index (χ4v) is 2.45. The van der Waals surface area contributed by atoms with Crippen LogP contribution in [0.25, 0.3) is 0 Å². The Labute approximate surface area is 119 Å².